The first-order chi connectivity index (χ1) is 14.0. The number of carbonyl (C=O) groups is 2. The number of rotatable bonds is 7. The Morgan fingerprint density at radius 1 is 1.21 bits per heavy atom. The molecule has 6 nitrogen and oxygen atoms in total. The monoisotopic (exact) mass is 454 g/mol. The minimum Gasteiger partial charge on any atom is -0.486 e. The molecular formula is C22H19BrN2O4. The van der Waals surface area contributed by atoms with E-state index in [1.807, 2.05) is 47.9 Å². The molecule has 0 amide bonds. The van der Waals surface area contributed by atoms with Crippen LogP contribution in [0.15, 0.2) is 46.9 Å². The van der Waals surface area contributed by atoms with Gasteiger partial charge < -0.3 is 14.0 Å². The number of ether oxygens (including phenoxy) is 2. The summed E-state index contributed by atoms with van der Waals surface area (Å²) in [5.74, 6) is -0.275. The van der Waals surface area contributed by atoms with Crippen LogP contribution in [0.1, 0.15) is 29.4 Å². The van der Waals surface area contributed by atoms with Crippen LogP contribution in [0.5, 0.6) is 5.75 Å². The van der Waals surface area contributed by atoms with Gasteiger partial charge in [0.25, 0.3) is 0 Å². The molecule has 0 aliphatic rings. The molecule has 0 aliphatic heterocycles. The topological polar surface area (TPSA) is 81.3 Å². The molecule has 0 saturated carbocycles. The van der Waals surface area contributed by atoms with Crippen molar-refractivity contribution in [1.29, 1.82) is 5.26 Å². The van der Waals surface area contributed by atoms with Crippen molar-refractivity contribution >= 4 is 38.6 Å². The number of Topliss-reactive ketones (excluding diaryl/α,β-unsaturated/α-hetero) is 1. The van der Waals surface area contributed by atoms with Gasteiger partial charge in [-0.1, -0.05) is 22.0 Å². The summed E-state index contributed by atoms with van der Waals surface area (Å²) in [5, 5.41) is 9.27. The Labute approximate surface area is 176 Å². The van der Waals surface area contributed by atoms with Gasteiger partial charge in [0.2, 0.25) is 0 Å². The van der Waals surface area contributed by atoms with Crippen molar-refractivity contribution in [3.8, 4) is 17.5 Å². The van der Waals surface area contributed by atoms with Gasteiger partial charge in [-0.15, -0.1) is 0 Å². The van der Waals surface area contributed by atoms with E-state index in [-0.39, 0.29) is 25.4 Å². The predicted octanol–water partition coefficient (Wildman–Crippen LogP) is 4.74. The van der Waals surface area contributed by atoms with E-state index >= 15 is 0 Å². The third-order valence-corrected chi connectivity index (χ3v) is 4.89. The van der Waals surface area contributed by atoms with Crippen LogP contribution in [0, 0.1) is 18.3 Å². The number of hydrogen-bond donors (Lipinski definition) is 0. The van der Waals surface area contributed by atoms with E-state index in [4.69, 9.17) is 14.7 Å². The maximum absolute atomic E-state index is 12.7. The number of nitriles is 1. The van der Waals surface area contributed by atoms with Gasteiger partial charge in [-0.25, -0.2) is 4.79 Å². The molecule has 29 heavy (non-hydrogen) atoms. The van der Waals surface area contributed by atoms with Crippen molar-refractivity contribution in [3.05, 3.63) is 58.2 Å². The summed E-state index contributed by atoms with van der Waals surface area (Å²) >= 11 is 3.49. The molecule has 0 unspecified atom stereocenters. The van der Waals surface area contributed by atoms with E-state index in [0.717, 1.165) is 21.4 Å². The van der Waals surface area contributed by atoms with Crippen LogP contribution in [0.25, 0.3) is 16.6 Å². The molecule has 1 aromatic heterocycles. The highest BCUT2D eigenvalue weighted by molar-refractivity contribution is 9.10. The van der Waals surface area contributed by atoms with E-state index in [1.165, 1.54) is 0 Å². The normalized spacial score (nSPS) is 10.6. The molecule has 0 atom stereocenters. The summed E-state index contributed by atoms with van der Waals surface area (Å²) in [4.78, 5) is 24.3. The highest BCUT2D eigenvalue weighted by atomic mass is 79.9. The summed E-state index contributed by atoms with van der Waals surface area (Å²) in [7, 11) is 0. The molecule has 3 aromatic rings. The molecule has 2 aromatic carbocycles. The second-order valence-corrected chi connectivity index (χ2v) is 7.25. The maximum atomic E-state index is 12.7. The number of esters is 1. The Morgan fingerprint density at radius 2 is 2.00 bits per heavy atom. The fourth-order valence-electron chi connectivity index (χ4n) is 3.20. The number of halogens is 1. The standard InChI is InChI=1S/C22H19BrN2O4/c1-3-28-22(27)21-14(2)25(16-6-4-5-15(23)11-16)20-8-7-18(12-19(20)21)29-13-17(26)9-10-24/h4-8,11-12H,3,9,13H2,1-2H3. The highest BCUT2D eigenvalue weighted by Gasteiger charge is 2.22. The molecule has 1 heterocycles. The van der Waals surface area contributed by atoms with E-state index in [9.17, 15) is 9.59 Å². The average molecular weight is 455 g/mol. The predicted molar refractivity (Wildman–Crippen MR) is 112 cm³/mol. The quantitative estimate of drug-likeness (QED) is 0.481. The zero-order valence-electron chi connectivity index (χ0n) is 16.1. The maximum Gasteiger partial charge on any atom is 0.340 e. The molecule has 0 spiro atoms. The van der Waals surface area contributed by atoms with Gasteiger partial charge in [-0.2, -0.15) is 5.26 Å². The lowest BCUT2D eigenvalue weighted by Gasteiger charge is -2.10. The Balaban J connectivity index is 2.13. The minimum atomic E-state index is -0.415. The third-order valence-electron chi connectivity index (χ3n) is 4.40. The first-order valence-corrected chi connectivity index (χ1v) is 9.85. The number of nitrogens with zero attached hydrogens (tertiary/aromatic N) is 2. The molecule has 3 rings (SSSR count). The summed E-state index contributed by atoms with van der Waals surface area (Å²) < 4.78 is 13.7. The van der Waals surface area contributed by atoms with Crippen LogP contribution < -0.4 is 4.74 Å². The second-order valence-electron chi connectivity index (χ2n) is 6.34. The van der Waals surface area contributed by atoms with Gasteiger partial charge in [0.1, 0.15) is 12.4 Å². The zero-order valence-corrected chi connectivity index (χ0v) is 17.7. The molecule has 0 fully saturated rings. The lowest BCUT2D eigenvalue weighted by molar-refractivity contribution is -0.120. The number of hydrogen-bond acceptors (Lipinski definition) is 5. The van der Waals surface area contributed by atoms with Crippen molar-refractivity contribution in [2.75, 3.05) is 13.2 Å². The Morgan fingerprint density at radius 3 is 2.69 bits per heavy atom. The van der Waals surface area contributed by atoms with E-state index in [2.05, 4.69) is 15.9 Å². The number of benzene rings is 2. The third kappa shape index (κ3) is 4.33. The fraction of sp³-hybridized carbons (Fsp3) is 0.227. The van der Waals surface area contributed by atoms with Gasteiger partial charge in [0.05, 0.1) is 30.2 Å². The molecule has 0 N–H and O–H groups in total. The van der Waals surface area contributed by atoms with E-state index in [0.29, 0.717) is 16.7 Å². The molecule has 0 radical (unpaired) electrons. The summed E-state index contributed by atoms with van der Waals surface area (Å²) in [6, 6.07) is 14.9. The van der Waals surface area contributed by atoms with Crippen molar-refractivity contribution in [2.24, 2.45) is 0 Å². The molecule has 7 heteroatoms. The molecule has 0 bridgehead atoms. The van der Waals surface area contributed by atoms with E-state index < -0.39 is 5.97 Å². The summed E-state index contributed by atoms with van der Waals surface area (Å²) in [6.45, 7) is 3.69. The Kier molecular flexibility index (Phi) is 6.35. The van der Waals surface area contributed by atoms with Crippen LogP contribution in [-0.4, -0.2) is 29.5 Å². The largest absolute Gasteiger partial charge is 0.486 e. The molecule has 0 saturated heterocycles. The van der Waals surface area contributed by atoms with Crippen LogP contribution in [0.2, 0.25) is 0 Å². The number of fused-ring (bicyclic) bond motifs is 1. The van der Waals surface area contributed by atoms with Gasteiger partial charge in [0, 0.05) is 21.2 Å². The number of carbonyl (C=O) groups excluding carboxylic acids is 2. The molecule has 148 valence electrons. The van der Waals surface area contributed by atoms with E-state index in [1.54, 1.807) is 19.1 Å². The van der Waals surface area contributed by atoms with Crippen LogP contribution in [0.4, 0.5) is 0 Å². The summed E-state index contributed by atoms with van der Waals surface area (Å²) in [6.07, 6.45) is -0.200. The van der Waals surface area contributed by atoms with Gasteiger partial charge in [-0.05, 0) is 50.2 Å². The van der Waals surface area contributed by atoms with Crippen molar-refractivity contribution in [3.63, 3.8) is 0 Å². The number of ketones is 1. The highest BCUT2D eigenvalue weighted by Crippen LogP contribution is 2.33. The van der Waals surface area contributed by atoms with Gasteiger partial charge >= 0.3 is 5.97 Å². The number of aromatic nitrogens is 1. The lowest BCUT2D eigenvalue weighted by Crippen LogP contribution is -2.10. The summed E-state index contributed by atoms with van der Waals surface area (Å²) in [5.41, 5.74) is 2.92. The molecule has 0 aliphatic carbocycles. The average Bonchev–Trinajstić information content (AvgIpc) is 2.98. The van der Waals surface area contributed by atoms with Crippen LogP contribution >= 0.6 is 15.9 Å². The fourth-order valence-corrected chi connectivity index (χ4v) is 3.59. The lowest BCUT2D eigenvalue weighted by atomic mass is 10.1. The Bertz CT molecular complexity index is 1130. The van der Waals surface area contributed by atoms with Crippen LogP contribution in [-0.2, 0) is 9.53 Å². The Hall–Kier alpha value is -3.11. The van der Waals surface area contributed by atoms with Gasteiger partial charge in [0.15, 0.2) is 5.78 Å². The van der Waals surface area contributed by atoms with Crippen molar-refractivity contribution in [2.45, 2.75) is 20.3 Å². The van der Waals surface area contributed by atoms with Crippen LogP contribution in [0.3, 0.4) is 0 Å². The second kappa shape index (κ2) is 8.93. The molecular weight excluding hydrogens is 436 g/mol. The first kappa shape index (κ1) is 20.6. The zero-order chi connectivity index (χ0) is 21.0. The smallest absolute Gasteiger partial charge is 0.340 e. The van der Waals surface area contributed by atoms with Crippen molar-refractivity contribution < 1.29 is 19.1 Å². The van der Waals surface area contributed by atoms with Gasteiger partial charge in [-0.3, -0.25) is 4.79 Å². The minimum absolute atomic E-state index is 0.195. The SMILES string of the molecule is CCOC(=O)c1c(C)n(-c2cccc(Br)c2)c2ccc(OCC(=O)CC#N)cc12. The first-order valence-electron chi connectivity index (χ1n) is 9.05. The van der Waals surface area contributed by atoms with Crippen molar-refractivity contribution in [1.82, 2.24) is 4.57 Å².